The molecule has 0 fully saturated rings. The number of alkyl halides is 3. The van der Waals surface area contributed by atoms with Gasteiger partial charge in [-0.2, -0.15) is 13.2 Å². The van der Waals surface area contributed by atoms with Crippen molar-refractivity contribution in [3.8, 4) is 0 Å². The quantitative estimate of drug-likeness (QED) is 0.158. The Hall–Kier alpha value is -2.53. The Balaban J connectivity index is 2.74. The zero-order valence-corrected chi connectivity index (χ0v) is 23.6. The van der Waals surface area contributed by atoms with Crippen LogP contribution in [0.4, 0.5) is 13.2 Å². The molecule has 1 atom stereocenters. The van der Waals surface area contributed by atoms with Gasteiger partial charge in [0.05, 0.1) is 25.7 Å². The number of hydrogen-bond donors (Lipinski definition) is 0. The first-order chi connectivity index (χ1) is 18.1. The van der Waals surface area contributed by atoms with Crippen molar-refractivity contribution >= 4 is 24.5 Å². The highest BCUT2D eigenvalue weighted by Crippen LogP contribution is 2.63. The molecule has 4 nitrogen and oxygen atoms in total. The summed E-state index contributed by atoms with van der Waals surface area (Å²) in [5.41, 5.74) is 0.00960. The number of carbonyl (C=O) groups is 3. The highest BCUT2D eigenvalue weighted by atomic mass is 31.2. The van der Waals surface area contributed by atoms with Crippen LogP contribution in [0.2, 0.25) is 0 Å². The van der Waals surface area contributed by atoms with Gasteiger partial charge in [-0.15, -0.1) is 0 Å². The van der Waals surface area contributed by atoms with Crippen molar-refractivity contribution < 1.29 is 27.6 Å². The fourth-order valence-corrected chi connectivity index (χ4v) is 9.53. The third kappa shape index (κ3) is 8.49. The molecule has 0 aliphatic heterocycles. The van der Waals surface area contributed by atoms with E-state index in [2.05, 4.69) is 0 Å². The van der Waals surface area contributed by atoms with E-state index in [1.807, 2.05) is 20.8 Å². The molecular formula is C30H40F3NO3P+. The molecule has 0 N–H and O–H groups in total. The van der Waals surface area contributed by atoms with Gasteiger partial charge in [-0.25, -0.2) is 0 Å². The van der Waals surface area contributed by atoms with Crippen LogP contribution in [-0.4, -0.2) is 52.8 Å². The molecule has 2 aromatic rings. The lowest BCUT2D eigenvalue weighted by Gasteiger charge is -2.35. The zero-order chi connectivity index (χ0) is 28.2. The molecule has 1 unspecified atom stereocenters. The average molecular weight is 551 g/mol. The highest BCUT2D eigenvalue weighted by molar-refractivity contribution is 7.91. The monoisotopic (exact) mass is 550 g/mol. The van der Waals surface area contributed by atoms with Crippen molar-refractivity contribution in [3.05, 3.63) is 71.8 Å². The van der Waals surface area contributed by atoms with Crippen LogP contribution in [0.25, 0.3) is 0 Å². The number of hydrogen-bond acceptors (Lipinski definition) is 3. The molecule has 2 rings (SSSR count). The number of unbranched alkanes of at least 4 members (excludes halogenated alkanes) is 3. The average Bonchev–Trinajstić information content (AvgIpc) is 2.92. The summed E-state index contributed by atoms with van der Waals surface area (Å²) in [7, 11) is -2.66. The molecule has 1 amide bonds. The largest absolute Gasteiger partial charge is 0.452 e. The van der Waals surface area contributed by atoms with Crippen molar-refractivity contribution in [3.63, 3.8) is 0 Å². The van der Waals surface area contributed by atoms with Crippen LogP contribution in [0.15, 0.2) is 60.7 Å². The lowest BCUT2D eigenvalue weighted by atomic mass is 10.1. The molecule has 0 spiro atoms. The molecule has 0 aromatic heterocycles. The van der Waals surface area contributed by atoms with E-state index >= 15 is 0 Å². The maximum Gasteiger partial charge on any atom is 0.452 e. The van der Waals surface area contributed by atoms with Crippen LogP contribution >= 0.6 is 7.26 Å². The fourth-order valence-electron chi connectivity index (χ4n) is 4.66. The van der Waals surface area contributed by atoms with Crippen LogP contribution in [0, 0.1) is 0 Å². The van der Waals surface area contributed by atoms with E-state index in [9.17, 15) is 27.6 Å². The Morgan fingerprint density at radius 1 is 0.763 bits per heavy atom. The lowest BCUT2D eigenvalue weighted by molar-refractivity contribution is -0.176. The van der Waals surface area contributed by atoms with E-state index in [1.165, 1.54) is 12.1 Å². The summed E-state index contributed by atoms with van der Waals surface area (Å²) >= 11 is 0. The number of benzene rings is 2. The summed E-state index contributed by atoms with van der Waals surface area (Å²) in [6.07, 6.45) is 0.725. The third-order valence-corrected chi connectivity index (χ3v) is 11.5. The molecule has 0 aliphatic carbocycles. The predicted octanol–water partition coefficient (Wildman–Crippen LogP) is 7.77. The minimum atomic E-state index is -5.26. The molecule has 0 saturated heterocycles. The van der Waals surface area contributed by atoms with E-state index in [-0.39, 0.29) is 12.1 Å². The number of amides is 1. The first kappa shape index (κ1) is 31.7. The maximum absolute atomic E-state index is 14.5. The fraction of sp³-hybridized carbons (Fsp3) is 0.500. The molecule has 0 radical (unpaired) electrons. The molecular weight excluding hydrogens is 510 g/mol. The van der Waals surface area contributed by atoms with Gasteiger partial charge in [-0.05, 0) is 37.0 Å². The van der Waals surface area contributed by atoms with Crippen molar-refractivity contribution in [2.24, 2.45) is 0 Å². The summed E-state index contributed by atoms with van der Waals surface area (Å²) in [5.74, 6) is -2.92. The van der Waals surface area contributed by atoms with Gasteiger partial charge in [-0.1, -0.05) is 88.6 Å². The molecule has 8 heteroatoms. The Labute approximate surface area is 225 Å². The van der Waals surface area contributed by atoms with E-state index in [4.69, 9.17) is 0 Å². The van der Waals surface area contributed by atoms with Crippen LogP contribution in [0.1, 0.15) is 75.2 Å². The Bertz CT molecular complexity index is 1010. The molecule has 2 aromatic carbocycles. The second-order valence-corrected chi connectivity index (χ2v) is 13.8. The predicted molar refractivity (Wildman–Crippen MR) is 149 cm³/mol. The molecule has 0 aliphatic rings. The summed E-state index contributed by atoms with van der Waals surface area (Å²) in [6, 6.07) is 14.2. The first-order valence-electron chi connectivity index (χ1n) is 13.5. The Morgan fingerprint density at radius 2 is 1.21 bits per heavy atom. The van der Waals surface area contributed by atoms with Crippen molar-refractivity contribution in [1.29, 1.82) is 0 Å². The standard InChI is InChI=1S/C30H40F3NO3P/c1-4-7-20-38(21-8-5-2,22-9-6-3)29(37)26(27(35)30(31,32)33)34(23-24-16-12-10-13-17-24)28(36)25-18-14-11-15-19-25/h10-19,26H,4-9,20-23H2,1-3H3/q+1. The Morgan fingerprint density at radius 3 is 1.63 bits per heavy atom. The van der Waals surface area contributed by atoms with E-state index in [1.54, 1.807) is 48.5 Å². The summed E-state index contributed by atoms with van der Waals surface area (Å²) in [5, 5.41) is 0. The van der Waals surface area contributed by atoms with Gasteiger partial charge in [0.1, 0.15) is 0 Å². The Kier molecular flexibility index (Phi) is 12.6. The van der Waals surface area contributed by atoms with Gasteiger partial charge in [0.25, 0.3) is 17.2 Å². The van der Waals surface area contributed by atoms with Crippen molar-refractivity contribution in [2.45, 2.75) is 78.1 Å². The number of ketones is 1. The SMILES string of the molecule is CCCC[P+](CCCC)(CCCC)C(=O)C(C(=O)C(F)(F)F)N(Cc1ccccc1)C(=O)c1ccccc1. The van der Waals surface area contributed by atoms with Gasteiger partial charge in [-0.3, -0.25) is 14.4 Å². The van der Waals surface area contributed by atoms with E-state index < -0.39 is 36.7 Å². The molecule has 38 heavy (non-hydrogen) atoms. The summed E-state index contributed by atoms with van der Waals surface area (Å²) < 4.78 is 42.4. The molecule has 208 valence electrons. The van der Waals surface area contributed by atoms with Gasteiger partial charge < -0.3 is 4.90 Å². The number of carbonyl (C=O) groups excluding carboxylic acids is 3. The van der Waals surface area contributed by atoms with Gasteiger partial charge in [0, 0.05) is 12.1 Å². The zero-order valence-electron chi connectivity index (χ0n) is 22.7. The second kappa shape index (κ2) is 15.2. The number of Topliss-reactive ketones (excluding diaryl/α,β-unsaturated/α-hetero) is 1. The minimum absolute atomic E-state index is 0.135. The van der Waals surface area contributed by atoms with Crippen LogP contribution < -0.4 is 0 Å². The van der Waals surface area contributed by atoms with E-state index in [0.29, 0.717) is 43.3 Å². The number of nitrogens with zero attached hydrogens (tertiary/aromatic N) is 1. The summed E-state index contributed by atoms with van der Waals surface area (Å²) in [6.45, 7) is 5.68. The second-order valence-electron chi connectivity index (χ2n) is 9.76. The van der Waals surface area contributed by atoms with Gasteiger partial charge >= 0.3 is 6.18 Å². The molecule has 0 heterocycles. The van der Waals surface area contributed by atoms with Gasteiger partial charge in [0.15, 0.2) is 6.04 Å². The van der Waals surface area contributed by atoms with Gasteiger partial charge in [0.2, 0.25) is 0 Å². The topological polar surface area (TPSA) is 54.5 Å². The van der Waals surface area contributed by atoms with E-state index in [0.717, 1.165) is 24.2 Å². The van der Waals surface area contributed by atoms with Crippen molar-refractivity contribution in [1.82, 2.24) is 4.90 Å². The number of halogens is 3. The lowest BCUT2D eigenvalue weighted by Crippen LogP contribution is -2.54. The minimum Gasteiger partial charge on any atom is -0.314 e. The first-order valence-corrected chi connectivity index (χ1v) is 15.9. The maximum atomic E-state index is 14.5. The molecule has 0 bridgehead atoms. The highest BCUT2D eigenvalue weighted by Gasteiger charge is 2.58. The van der Waals surface area contributed by atoms with Crippen LogP contribution in [0.3, 0.4) is 0 Å². The smallest absolute Gasteiger partial charge is 0.314 e. The third-order valence-electron chi connectivity index (χ3n) is 6.84. The molecule has 0 saturated carbocycles. The number of rotatable bonds is 16. The van der Waals surface area contributed by atoms with Crippen LogP contribution in [0.5, 0.6) is 0 Å². The van der Waals surface area contributed by atoms with Crippen LogP contribution in [-0.2, 0) is 16.1 Å². The summed E-state index contributed by atoms with van der Waals surface area (Å²) in [4.78, 5) is 42.2. The van der Waals surface area contributed by atoms with Crippen molar-refractivity contribution in [2.75, 3.05) is 18.5 Å². The normalized spacial score (nSPS) is 12.7.